The van der Waals surface area contributed by atoms with Crippen LogP contribution >= 0.6 is 11.8 Å². The third-order valence-corrected chi connectivity index (χ3v) is 3.30. The average molecular weight is 254 g/mol. The van der Waals surface area contributed by atoms with Crippen LogP contribution in [0.1, 0.15) is 12.5 Å². The summed E-state index contributed by atoms with van der Waals surface area (Å²) in [7, 11) is 0. The number of thioether (sulfide) groups is 1. The summed E-state index contributed by atoms with van der Waals surface area (Å²) in [6, 6.07) is 7.13. The number of nitrogen functional groups attached to an aromatic ring is 1. The second-order valence-corrected chi connectivity index (χ2v) is 5.20. The largest absolute Gasteiger partial charge is 0.493 e. The van der Waals surface area contributed by atoms with E-state index in [2.05, 4.69) is 0 Å². The molecule has 5 heteroatoms. The second-order valence-electron chi connectivity index (χ2n) is 3.65. The zero-order chi connectivity index (χ0) is 12.7. The van der Waals surface area contributed by atoms with Crippen molar-refractivity contribution in [2.45, 2.75) is 12.2 Å². The lowest BCUT2D eigenvalue weighted by atomic mass is 10.2. The molecule has 0 aromatic heterocycles. The molecular formula is C12H18N2O2S. The van der Waals surface area contributed by atoms with Gasteiger partial charge in [-0.15, -0.1) is 0 Å². The molecule has 0 bridgehead atoms. The van der Waals surface area contributed by atoms with Crippen LogP contribution < -0.4 is 10.5 Å². The summed E-state index contributed by atoms with van der Waals surface area (Å²) in [5.41, 5.74) is 6.04. The molecule has 0 heterocycles. The van der Waals surface area contributed by atoms with E-state index in [1.165, 1.54) is 0 Å². The third-order valence-electron chi connectivity index (χ3n) is 2.18. The molecule has 0 fully saturated rings. The zero-order valence-electron chi connectivity index (χ0n) is 9.85. The van der Waals surface area contributed by atoms with Gasteiger partial charge in [0.15, 0.2) is 0 Å². The van der Waals surface area contributed by atoms with Gasteiger partial charge < -0.3 is 15.6 Å². The van der Waals surface area contributed by atoms with Crippen molar-refractivity contribution in [1.82, 2.24) is 0 Å². The van der Waals surface area contributed by atoms with Gasteiger partial charge >= 0.3 is 0 Å². The maximum Gasteiger partial charge on any atom is 0.122 e. The Hall–Kier alpha value is -1.20. The number of rotatable bonds is 7. The van der Waals surface area contributed by atoms with Crippen molar-refractivity contribution in [3.8, 4) is 5.75 Å². The lowest BCUT2D eigenvalue weighted by Gasteiger charge is -2.09. The smallest absolute Gasteiger partial charge is 0.122 e. The molecule has 0 radical (unpaired) electrons. The number of ether oxygens (including phenoxy) is 1. The van der Waals surface area contributed by atoms with Gasteiger partial charge in [0.25, 0.3) is 0 Å². The maximum absolute atomic E-state index is 8.84. The van der Waals surface area contributed by atoms with Gasteiger partial charge in [0.05, 0.1) is 13.2 Å². The van der Waals surface area contributed by atoms with Crippen LogP contribution in [0.3, 0.4) is 0 Å². The predicted octanol–water partition coefficient (Wildman–Crippen LogP) is 1.46. The molecule has 1 rings (SSSR count). The van der Waals surface area contributed by atoms with Crippen molar-refractivity contribution in [1.29, 1.82) is 5.41 Å². The fourth-order valence-electron chi connectivity index (χ4n) is 1.19. The number of aliphatic hydroxyl groups is 1. The van der Waals surface area contributed by atoms with Crippen LogP contribution in [0.15, 0.2) is 24.3 Å². The number of nitrogens with two attached hydrogens (primary N) is 1. The summed E-state index contributed by atoms with van der Waals surface area (Å²) in [6.45, 7) is 2.78. The van der Waals surface area contributed by atoms with E-state index in [0.717, 1.165) is 11.5 Å². The minimum absolute atomic E-state index is 0.0591. The van der Waals surface area contributed by atoms with Crippen molar-refractivity contribution in [2.24, 2.45) is 5.73 Å². The average Bonchev–Trinajstić information content (AvgIpc) is 2.34. The van der Waals surface area contributed by atoms with Gasteiger partial charge in [-0.1, -0.05) is 6.92 Å². The summed E-state index contributed by atoms with van der Waals surface area (Å²) < 4.78 is 5.52. The Morgan fingerprint density at radius 1 is 1.47 bits per heavy atom. The topological polar surface area (TPSA) is 79.3 Å². The van der Waals surface area contributed by atoms with E-state index >= 15 is 0 Å². The first-order chi connectivity index (χ1) is 8.13. The maximum atomic E-state index is 8.84. The van der Waals surface area contributed by atoms with Crippen molar-refractivity contribution in [3.63, 3.8) is 0 Å². The van der Waals surface area contributed by atoms with E-state index in [-0.39, 0.29) is 17.7 Å². The first-order valence-corrected chi connectivity index (χ1v) is 6.48. The second kappa shape index (κ2) is 7.19. The molecule has 1 aromatic carbocycles. The molecule has 4 nitrogen and oxygen atoms in total. The fourth-order valence-corrected chi connectivity index (χ4v) is 1.88. The quantitative estimate of drug-likeness (QED) is 0.391. The highest BCUT2D eigenvalue weighted by Crippen LogP contribution is 2.13. The molecule has 0 saturated carbocycles. The number of aliphatic hydroxyl groups excluding tert-OH is 1. The van der Waals surface area contributed by atoms with E-state index in [1.807, 2.05) is 6.92 Å². The first-order valence-electron chi connectivity index (χ1n) is 5.43. The zero-order valence-corrected chi connectivity index (χ0v) is 10.7. The van der Waals surface area contributed by atoms with Crippen molar-refractivity contribution < 1.29 is 9.84 Å². The summed E-state index contributed by atoms with van der Waals surface area (Å²) in [5.74, 6) is 1.67. The molecule has 0 aliphatic heterocycles. The van der Waals surface area contributed by atoms with Gasteiger partial charge in [0.1, 0.15) is 11.6 Å². The molecule has 4 N–H and O–H groups in total. The molecule has 0 aliphatic carbocycles. The first kappa shape index (κ1) is 13.9. The van der Waals surface area contributed by atoms with Gasteiger partial charge in [-0.2, -0.15) is 11.8 Å². The Balaban J connectivity index is 2.30. The number of hydrogen-bond acceptors (Lipinski definition) is 4. The number of benzene rings is 1. The van der Waals surface area contributed by atoms with Gasteiger partial charge in [-0.05, 0) is 24.3 Å². The Morgan fingerprint density at radius 2 is 2.12 bits per heavy atom. The number of hydrogen-bond donors (Lipinski definition) is 3. The van der Waals surface area contributed by atoms with Crippen LogP contribution in [-0.4, -0.2) is 35.2 Å². The van der Waals surface area contributed by atoms with E-state index in [0.29, 0.717) is 12.2 Å². The summed E-state index contributed by atoms with van der Waals surface area (Å²) in [4.78, 5) is 0. The fraction of sp³-hybridized carbons (Fsp3) is 0.417. The van der Waals surface area contributed by atoms with Crippen LogP contribution in [0.5, 0.6) is 5.75 Å². The molecule has 1 atom stereocenters. The van der Waals surface area contributed by atoms with Gasteiger partial charge in [0, 0.05) is 16.6 Å². The Morgan fingerprint density at radius 3 is 2.65 bits per heavy atom. The van der Waals surface area contributed by atoms with E-state index in [4.69, 9.17) is 21.0 Å². The van der Waals surface area contributed by atoms with Crippen LogP contribution in [0.2, 0.25) is 0 Å². The van der Waals surface area contributed by atoms with Crippen molar-refractivity contribution in [2.75, 3.05) is 19.0 Å². The van der Waals surface area contributed by atoms with Crippen molar-refractivity contribution in [3.05, 3.63) is 29.8 Å². The van der Waals surface area contributed by atoms with E-state index in [9.17, 15) is 0 Å². The van der Waals surface area contributed by atoms with Gasteiger partial charge in [-0.3, -0.25) is 5.41 Å². The van der Waals surface area contributed by atoms with Crippen LogP contribution in [0.25, 0.3) is 0 Å². The molecule has 0 spiro atoms. The number of nitrogens with one attached hydrogen (secondary N) is 1. The molecule has 17 heavy (non-hydrogen) atoms. The normalized spacial score (nSPS) is 12.1. The SMILES string of the molecule is CC(CO)SCCOc1ccc(C(=N)N)cc1. The molecule has 1 unspecified atom stereocenters. The Labute approximate surface area is 106 Å². The molecule has 1 aromatic rings. The predicted molar refractivity (Wildman–Crippen MR) is 72.0 cm³/mol. The lowest BCUT2D eigenvalue weighted by Crippen LogP contribution is -2.11. The Kier molecular flexibility index (Phi) is 5.86. The van der Waals surface area contributed by atoms with Crippen LogP contribution in [0, 0.1) is 5.41 Å². The standard InChI is InChI=1S/C12H18N2O2S/c1-9(8-15)17-7-6-16-11-4-2-10(3-5-11)12(13)14/h2-5,9,15H,6-8H2,1H3,(H3,13,14). The summed E-state index contributed by atoms with van der Waals surface area (Å²) >= 11 is 1.67. The third kappa shape index (κ3) is 5.10. The highest BCUT2D eigenvalue weighted by Gasteiger charge is 2.01. The minimum atomic E-state index is 0.0591. The van der Waals surface area contributed by atoms with Crippen molar-refractivity contribution >= 4 is 17.6 Å². The lowest BCUT2D eigenvalue weighted by molar-refractivity contribution is 0.299. The van der Waals surface area contributed by atoms with Gasteiger partial charge in [0.2, 0.25) is 0 Å². The Bertz CT molecular complexity index is 354. The summed E-state index contributed by atoms with van der Waals surface area (Å²) in [6.07, 6.45) is 0. The molecule has 0 saturated heterocycles. The highest BCUT2D eigenvalue weighted by atomic mass is 32.2. The number of amidine groups is 1. The van der Waals surface area contributed by atoms with E-state index in [1.54, 1.807) is 36.0 Å². The van der Waals surface area contributed by atoms with E-state index < -0.39 is 0 Å². The molecule has 0 amide bonds. The minimum Gasteiger partial charge on any atom is -0.493 e. The summed E-state index contributed by atoms with van der Waals surface area (Å²) in [5, 5.41) is 16.3. The molecular weight excluding hydrogens is 236 g/mol. The van der Waals surface area contributed by atoms with Crippen LogP contribution in [-0.2, 0) is 0 Å². The van der Waals surface area contributed by atoms with Crippen LogP contribution in [0.4, 0.5) is 0 Å². The van der Waals surface area contributed by atoms with Gasteiger partial charge in [-0.25, -0.2) is 0 Å². The monoisotopic (exact) mass is 254 g/mol. The highest BCUT2D eigenvalue weighted by molar-refractivity contribution is 7.99. The molecule has 94 valence electrons. The molecule has 0 aliphatic rings.